The summed E-state index contributed by atoms with van der Waals surface area (Å²) in [5.41, 5.74) is 10.0. The van der Waals surface area contributed by atoms with Crippen LogP contribution in [0.2, 0.25) is 0 Å². The molecule has 5 aromatic rings. The molecular weight excluding hydrogens is 402 g/mol. The number of rotatable bonds is 6. The highest BCUT2D eigenvalue weighted by Gasteiger charge is 2.37. The summed E-state index contributed by atoms with van der Waals surface area (Å²) in [5.74, 6) is 0. The van der Waals surface area contributed by atoms with Gasteiger partial charge in [0.1, 0.15) is 0 Å². The predicted octanol–water partition coefficient (Wildman–Crippen LogP) is 6.52. The Bertz CT molecular complexity index is 1330. The Morgan fingerprint density at radius 1 is 0.636 bits per heavy atom. The topological polar surface area (TPSA) is 46.2 Å². The largest absolute Gasteiger partial charge is 0.387 e. The molecule has 0 saturated carbocycles. The third kappa shape index (κ3) is 4.16. The fourth-order valence-electron chi connectivity index (χ4n) is 5.06. The van der Waals surface area contributed by atoms with Crippen LogP contribution in [-0.4, -0.2) is 10.7 Å². The first kappa shape index (κ1) is 21.4. The number of aliphatic hydroxyl groups is 1. The van der Waals surface area contributed by atoms with E-state index >= 15 is 0 Å². The molecule has 0 saturated heterocycles. The van der Waals surface area contributed by atoms with Crippen LogP contribution < -0.4 is 5.73 Å². The van der Waals surface area contributed by atoms with Gasteiger partial charge >= 0.3 is 0 Å². The van der Waals surface area contributed by atoms with Crippen molar-refractivity contribution in [3.8, 4) is 0 Å². The van der Waals surface area contributed by atoms with Crippen molar-refractivity contribution in [3.63, 3.8) is 0 Å². The minimum Gasteiger partial charge on any atom is -0.387 e. The van der Waals surface area contributed by atoms with Gasteiger partial charge in [-0.3, -0.25) is 0 Å². The summed E-state index contributed by atoms with van der Waals surface area (Å²) in [6.07, 6.45) is 0.931. The first-order chi connectivity index (χ1) is 16.0. The molecule has 0 heterocycles. The summed E-state index contributed by atoms with van der Waals surface area (Å²) < 4.78 is 0. The molecule has 0 spiro atoms. The van der Waals surface area contributed by atoms with Gasteiger partial charge in [-0.05, 0) is 50.7 Å². The molecule has 0 aliphatic heterocycles. The lowest BCUT2D eigenvalue weighted by molar-refractivity contribution is 0.0140. The quantitative estimate of drug-likeness (QED) is 0.322. The number of nitrogens with two attached hydrogens (primary N) is 1. The van der Waals surface area contributed by atoms with Gasteiger partial charge in [-0.2, -0.15) is 0 Å². The number of hydrogen-bond acceptors (Lipinski definition) is 2. The lowest BCUT2D eigenvalue weighted by atomic mass is 9.77. The summed E-state index contributed by atoms with van der Waals surface area (Å²) >= 11 is 0. The molecule has 2 nitrogen and oxygen atoms in total. The second kappa shape index (κ2) is 8.82. The van der Waals surface area contributed by atoms with Gasteiger partial charge in [0.15, 0.2) is 0 Å². The molecule has 2 heteroatoms. The maximum absolute atomic E-state index is 12.4. The Morgan fingerprint density at radius 3 is 1.64 bits per heavy atom. The van der Waals surface area contributed by atoms with E-state index in [4.69, 9.17) is 5.73 Å². The smallest absolute Gasteiger partial charge is 0.0920 e. The van der Waals surface area contributed by atoms with Crippen LogP contribution in [0, 0.1) is 6.92 Å². The Kier molecular flexibility index (Phi) is 5.72. The van der Waals surface area contributed by atoms with E-state index in [0.717, 1.165) is 33.0 Å². The fraction of sp³-hybridized carbons (Fsp3) is 0.161. The van der Waals surface area contributed by atoms with Crippen molar-refractivity contribution in [1.29, 1.82) is 0 Å². The number of fused-ring (bicyclic) bond motifs is 2. The maximum Gasteiger partial charge on any atom is 0.0920 e. The van der Waals surface area contributed by atoms with Crippen LogP contribution in [0.25, 0.3) is 21.5 Å². The molecule has 0 aromatic heterocycles. The van der Waals surface area contributed by atoms with Gasteiger partial charge < -0.3 is 10.8 Å². The Hall–Kier alpha value is -3.46. The summed E-state index contributed by atoms with van der Waals surface area (Å²) in [6, 6.07) is 36.9. The van der Waals surface area contributed by atoms with Crippen LogP contribution in [0.1, 0.15) is 28.3 Å². The maximum atomic E-state index is 12.4. The van der Waals surface area contributed by atoms with Crippen molar-refractivity contribution < 1.29 is 5.11 Å². The molecule has 0 bridgehead atoms. The Labute approximate surface area is 195 Å². The number of aryl methyl sites for hydroxylation is 1. The highest BCUT2D eigenvalue weighted by molar-refractivity contribution is 5.87. The molecule has 5 aromatic carbocycles. The molecule has 33 heavy (non-hydrogen) atoms. The van der Waals surface area contributed by atoms with Gasteiger partial charge in [0.05, 0.1) is 11.6 Å². The first-order valence-corrected chi connectivity index (χ1v) is 11.5. The second-order valence-corrected chi connectivity index (χ2v) is 9.07. The van der Waals surface area contributed by atoms with E-state index in [1.165, 1.54) is 10.8 Å². The van der Waals surface area contributed by atoms with E-state index in [0.29, 0.717) is 12.8 Å². The van der Waals surface area contributed by atoms with Crippen molar-refractivity contribution in [3.05, 3.63) is 131 Å². The molecule has 0 radical (unpaired) electrons. The van der Waals surface area contributed by atoms with E-state index in [-0.39, 0.29) is 0 Å². The van der Waals surface area contributed by atoms with Crippen molar-refractivity contribution in [1.82, 2.24) is 0 Å². The average Bonchev–Trinajstić information content (AvgIpc) is 2.84. The second-order valence-electron chi connectivity index (χ2n) is 9.07. The minimum atomic E-state index is -1.17. The molecule has 3 N–H and O–H groups in total. The normalized spacial score (nSPS) is 12.8. The van der Waals surface area contributed by atoms with Crippen LogP contribution in [0.4, 0.5) is 0 Å². The molecule has 0 fully saturated rings. The summed E-state index contributed by atoms with van der Waals surface area (Å²) in [4.78, 5) is 0. The van der Waals surface area contributed by atoms with E-state index < -0.39 is 11.6 Å². The number of hydrogen-bond donors (Lipinski definition) is 2. The average molecular weight is 432 g/mol. The van der Waals surface area contributed by atoms with Gasteiger partial charge in [0.25, 0.3) is 0 Å². The lowest BCUT2D eigenvalue weighted by Crippen LogP contribution is -2.45. The van der Waals surface area contributed by atoms with Gasteiger partial charge in [0.2, 0.25) is 0 Å². The van der Waals surface area contributed by atoms with Crippen LogP contribution in [0.5, 0.6) is 0 Å². The van der Waals surface area contributed by atoms with Crippen molar-refractivity contribution in [2.75, 3.05) is 0 Å². The van der Waals surface area contributed by atoms with Crippen LogP contribution in [-0.2, 0) is 12.8 Å². The highest BCUT2D eigenvalue weighted by Crippen LogP contribution is 2.35. The summed E-state index contributed by atoms with van der Waals surface area (Å²) in [6.45, 7) is 2.06. The Morgan fingerprint density at radius 2 is 1.09 bits per heavy atom. The molecule has 5 rings (SSSR count). The molecule has 0 amide bonds. The van der Waals surface area contributed by atoms with E-state index in [1.54, 1.807) is 0 Å². The molecule has 1 atom stereocenters. The van der Waals surface area contributed by atoms with E-state index in [1.807, 2.05) is 30.3 Å². The van der Waals surface area contributed by atoms with E-state index in [9.17, 15) is 5.11 Å². The SMILES string of the molecule is Cc1ccccc1[C@@H](N)C(O)(Cc1cccc2ccccc12)Cc1cccc2ccccc12. The molecule has 0 aliphatic carbocycles. The predicted molar refractivity (Wildman–Crippen MR) is 138 cm³/mol. The zero-order valence-electron chi connectivity index (χ0n) is 18.9. The van der Waals surface area contributed by atoms with Crippen molar-refractivity contribution >= 4 is 21.5 Å². The number of benzene rings is 5. The summed E-state index contributed by atoms with van der Waals surface area (Å²) in [7, 11) is 0. The third-order valence-corrected chi connectivity index (χ3v) is 6.86. The zero-order valence-corrected chi connectivity index (χ0v) is 18.9. The van der Waals surface area contributed by atoms with Gasteiger partial charge in [0, 0.05) is 12.8 Å². The molecule has 0 aliphatic rings. The highest BCUT2D eigenvalue weighted by atomic mass is 16.3. The summed E-state index contributed by atoms with van der Waals surface area (Å²) in [5, 5.41) is 17.0. The molecule has 164 valence electrons. The Balaban J connectivity index is 1.63. The third-order valence-electron chi connectivity index (χ3n) is 6.86. The monoisotopic (exact) mass is 431 g/mol. The fourth-order valence-corrected chi connectivity index (χ4v) is 5.06. The van der Waals surface area contributed by atoms with Crippen LogP contribution >= 0.6 is 0 Å². The van der Waals surface area contributed by atoms with Gasteiger partial charge in [-0.15, -0.1) is 0 Å². The van der Waals surface area contributed by atoms with E-state index in [2.05, 4.69) is 85.8 Å². The zero-order chi connectivity index (χ0) is 22.8. The minimum absolute atomic E-state index is 0.465. The van der Waals surface area contributed by atoms with Crippen molar-refractivity contribution in [2.45, 2.75) is 31.4 Å². The van der Waals surface area contributed by atoms with Crippen LogP contribution in [0.15, 0.2) is 109 Å². The van der Waals surface area contributed by atoms with Crippen molar-refractivity contribution in [2.24, 2.45) is 5.73 Å². The standard InChI is InChI=1S/C31H29NO/c1-22-10-2-5-17-27(22)30(32)31(33,20-25-15-8-13-23-11-3-6-18-28(23)25)21-26-16-9-14-24-12-4-7-19-29(24)26/h2-19,30,33H,20-21,32H2,1H3/t30-/m1/s1. The van der Waals surface area contributed by atoms with Crippen LogP contribution in [0.3, 0.4) is 0 Å². The molecule has 0 unspecified atom stereocenters. The van der Waals surface area contributed by atoms with Gasteiger partial charge in [-0.1, -0.05) is 109 Å². The van der Waals surface area contributed by atoms with Gasteiger partial charge in [-0.25, -0.2) is 0 Å². The first-order valence-electron chi connectivity index (χ1n) is 11.5. The lowest BCUT2D eigenvalue weighted by Gasteiger charge is -2.36. The molecular formula is C31H29NO.